The number of nitrogens with one attached hydrogen (secondary N) is 1. The van der Waals surface area contributed by atoms with E-state index in [9.17, 15) is 4.79 Å². The van der Waals surface area contributed by atoms with Crippen molar-refractivity contribution in [3.05, 3.63) is 94.1 Å². The van der Waals surface area contributed by atoms with Crippen LogP contribution in [0.1, 0.15) is 32.9 Å². The summed E-state index contributed by atoms with van der Waals surface area (Å²) >= 11 is 5.92. The fourth-order valence-electron chi connectivity index (χ4n) is 3.09. The van der Waals surface area contributed by atoms with Crippen LogP contribution >= 0.6 is 11.6 Å². The highest BCUT2D eigenvalue weighted by molar-refractivity contribution is 6.30. The number of halogens is 1. The molecule has 4 rings (SSSR count). The molecule has 2 aromatic carbocycles. The minimum atomic E-state index is -0.383. The molecule has 0 radical (unpaired) electrons. The van der Waals surface area contributed by atoms with E-state index in [0.29, 0.717) is 28.6 Å². The van der Waals surface area contributed by atoms with Crippen molar-refractivity contribution >= 4 is 23.2 Å². The van der Waals surface area contributed by atoms with Crippen molar-refractivity contribution < 1.29 is 14.1 Å². The summed E-state index contributed by atoms with van der Waals surface area (Å²) in [5, 5.41) is 11.7. The van der Waals surface area contributed by atoms with Gasteiger partial charge in [0.2, 0.25) is 0 Å². The molecule has 0 aliphatic heterocycles. The topological polar surface area (TPSA) is 82.2 Å². The van der Waals surface area contributed by atoms with Gasteiger partial charge in [-0.15, -0.1) is 0 Å². The Morgan fingerprint density at radius 3 is 2.71 bits per heavy atom. The number of para-hydroxylation sites is 1. The van der Waals surface area contributed by atoms with Crippen molar-refractivity contribution in [3.63, 3.8) is 0 Å². The number of ether oxygens (including phenoxy) is 1. The van der Waals surface area contributed by atoms with Gasteiger partial charge in [-0.3, -0.25) is 9.48 Å². The SMILES string of the molecule is Cc1ccccc1OCc1c(C(=O)Nc2cnn(Cc3ccc(Cl)cc3)c2)noc1C. The third kappa shape index (κ3) is 4.95. The van der Waals surface area contributed by atoms with Gasteiger partial charge in [0.15, 0.2) is 5.69 Å². The maximum atomic E-state index is 12.8. The molecular weight excluding hydrogens is 416 g/mol. The number of rotatable bonds is 7. The smallest absolute Gasteiger partial charge is 0.278 e. The first-order valence-electron chi connectivity index (χ1n) is 9.71. The minimum absolute atomic E-state index is 0.179. The Bertz CT molecular complexity index is 1200. The molecule has 0 spiro atoms. The summed E-state index contributed by atoms with van der Waals surface area (Å²) in [6.07, 6.45) is 3.34. The van der Waals surface area contributed by atoms with E-state index in [1.165, 1.54) is 0 Å². The van der Waals surface area contributed by atoms with Crippen LogP contribution in [-0.2, 0) is 13.2 Å². The second-order valence-electron chi connectivity index (χ2n) is 7.13. The van der Waals surface area contributed by atoms with E-state index in [-0.39, 0.29) is 18.2 Å². The second-order valence-corrected chi connectivity index (χ2v) is 7.56. The maximum absolute atomic E-state index is 12.8. The third-order valence-electron chi connectivity index (χ3n) is 4.81. The lowest BCUT2D eigenvalue weighted by atomic mass is 10.2. The summed E-state index contributed by atoms with van der Waals surface area (Å²) in [4.78, 5) is 12.8. The molecule has 0 unspecified atom stereocenters. The van der Waals surface area contributed by atoms with Gasteiger partial charge in [0.25, 0.3) is 5.91 Å². The molecule has 0 saturated carbocycles. The molecular formula is C23H21ClN4O3. The number of hydrogen-bond acceptors (Lipinski definition) is 5. The van der Waals surface area contributed by atoms with Gasteiger partial charge < -0.3 is 14.6 Å². The van der Waals surface area contributed by atoms with Gasteiger partial charge in [-0.1, -0.05) is 47.1 Å². The molecule has 0 aliphatic rings. The number of aryl methyl sites for hydroxylation is 2. The summed E-state index contributed by atoms with van der Waals surface area (Å²) in [7, 11) is 0. The van der Waals surface area contributed by atoms with Crippen LogP contribution in [0, 0.1) is 13.8 Å². The van der Waals surface area contributed by atoms with Crippen LogP contribution in [0.3, 0.4) is 0 Å². The molecule has 31 heavy (non-hydrogen) atoms. The highest BCUT2D eigenvalue weighted by atomic mass is 35.5. The Morgan fingerprint density at radius 1 is 1.16 bits per heavy atom. The minimum Gasteiger partial charge on any atom is -0.488 e. The molecule has 158 valence electrons. The van der Waals surface area contributed by atoms with Crippen LogP contribution in [0.5, 0.6) is 5.75 Å². The molecule has 0 saturated heterocycles. The maximum Gasteiger partial charge on any atom is 0.278 e. The largest absolute Gasteiger partial charge is 0.488 e. The molecule has 0 bridgehead atoms. The number of anilines is 1. The average Bonchev–Trinajstić information content (AvgIpc) is 3.35. The first kappa shape index (κ1) is 20.7. The van der Waals surface area contributed by atoms with Crippen molar-refractivity contribution in [1.82, 2.24) is 14.9 Å². The van der Waals surface area contributed by atoms with Crippen molar-refractivity contribution in [3.8, 4) is 5.75 Å². The molecule has 7 nitrogen and oxygen atoms in total. The van der Waals surface area contributed by atoms with Crippen LogP contribution in [0.15, 0.2) is 65.4 Å². The van der Waals surface area contributed by atoms with Crippen LogP contribution in [-0.4, -0.2) is 20.8 Å². The molecule has 2 aromatic heterocycles. The van der Waals surface area contributed by atoms with E-state index in [2.05, 4.69) is 15.6 Å². The molecule has 0 atom stereocenters. The zero-order chi connectivity index (χ0) is 21.8. The lowest BCUT2D eigenvalue weighted by Gasteiger charge is -2.09. The highest BCUT2D eigenvalue weighted by Crippen LogP contribution is 2.21. The fraction of sp³-hybridized carbons (Fsp3) is 0.174. The molecule has 4 aromatic rings. The van der Waals surface area contributed by atoms with Gasteiger partial charge >= 0.3 is 0 Å². The standard InChI is InChI=1S/C23H21ClN4O3/c1-15-5-3-4-6-21(15)30-14-20-16(2)31-27-22(20)23(29)26-19-11-25-28(13-19)12-17-7-9-18(24)10-8-17/h3-11,13H,12,14H2,1-2H3,(H,26,29). The monoisotopic (exact) mass is 436 g/mol. The van der Waals surface area contributed by atoms with E-state index in [0.717, 1.165) is 16.9 Å². The van der Waals surface area contributed by atoms with E-state index in [1.807, 2.05) is 55.5 Å². The van der Waals surface area contributed by atoms with Gasteiger partial charge in [-0.2, -0.15) is 5.10 Å². The van der Waals surface area contributed by atoms with Crippen molar-refractivity contribution in [2.24, 2.45) is 0 Å². The fourth-order valence-corrected chi connectivity index (χ4v) is 3.22. The summed E-state index contributed by atoms with van der Waals surface area (Å²) in [5.41, 5.74) is 3.42. The zero-order valence-electron chi connectivity index (χ0n) is 17.1. The van der Waals surface area contributed by atoms with Crippen LogP contribution < -0.4 is 10.1 Å². The highest BCUT2D eigenvalue weighted by Gasteiger charge is 2.21. The van der Waals surface area contributed by atoms with Gasteiger partial charge in [-0.05, 0) is 43.2 Å². The molecule has 0 aliphatic carbocycles. The van der Waals surface area contributed by atoms with Gasteiger partial charge in [0, 0.05) is 11.2 Å². The Labute approximate surface area is 184 Å². The average molecular weight is 437 g/mol. The van der Waals surface area contributed by atoms with E-state index in [1.54, 1.807) is 24.0 Å². The first-order chi connectivity index (χ1) is 15.0. The number of hydrogen-bond donors (Lipinski definition) is 1. The van der Waals surface area contributed by atoms with Crippen LogP contribution in [0.4, 0.5) is 5.69 Å². The van der Waals surface area contributed by atoms with Crippen molar-refractivity contribution in [2.45, 2.75) is 27.0 Å². The number of carbonyl (C=O) groups is 1. The summed E-state index contributed by atoms with van der Waals surface area (Å²) < 4.78 is 12.9. The van der Waals surface area contributed by atoms with Crippen LogP contribution in [0.25, 0.3) is 0 Å². The van der Waals surface area contributed by atoms with Crippen molar-refractivity contribution in [1.29, 1.82) is 0 Å². The van der Waals surface area contributed by atoms with Gasteiger partial charge in [-0.25, -0.2) is 0 Å². The summed E-state index contributed by atoms with van der Waals surface area (Å²) in [6, 6.07) is 15.2. The molecule has 1 amide bonds. The molecule has 0 fully saturated rings. The quantitative estimate of drug-likeness (QED) is 0.439. The zero-order valence-corrected chi connectivity index (χ0v) is 17.9. The lowest BCUT2D eigenvalue weighted by Crippen LogP contribution is -2.15. The van der Waals surface area contributed by atoms with E-state index in [4.69, 9.17) is 20.9 Å². The molecule has 2 heterocycles. The number of amides is 1. The normalized spacial score (nSPS) is 10.8. The van der Waals surface area contributed by atoms with E-state index >= 15 is 0 Å². The Kier molecular flexibility index (Phi) is 6.04. The number of carbonyl (C=O) groups excluding carboxylic acids is 1. The first-order valence-corrected chi connectivity index (χ1v) is 10.1. The summed E-state index contributed by atoms with van der Waals surface area (Å²) in [6.45, 7) is 4.46. The third-order valence-corrected chi connectivity index (χ3v) is 5.07. The number of benzene rings is 2. The Balaban J connectivity index is 1.43. The lowest BCUT2D eigenvalue weighted by molar-refractivity contribution is 0.101. The predicted molar refractivity (Wildman–Crippen MR) is 117 cm³/mol. The van der Waals surface area contributed by atoms with Gasteiger partial charge in [0.1, 0.15) is 18.1 Å². The molecule has 1 N–H and O–H groups in total. The number of nitrogens with zero attached hydrogens (tertiary/aromatic N) is 3. The Morgan fingerprint density at radius 2 is 1.94 bits per heavy atom. The van der Waals surface area contributed by atoms with Crippen molar-refractivity contribution in [2.75, 3.05) is 5.32 Å². The van der Waals surface area contributed by atoms with Gasteiger partial charge in [0.05, 0.1) is 24.0 Å². The predicted octanol–water partition coefficient (Wildman–Crippen LogP) is 5.02. The number of aromatic nitrogens is 3. The molecule has 8 heteroatoms. The van der Waals surface area contributed by atoms with Crippen LogP contribution in [0.2, 0.25) is 5.02 Å². The summed E-state index contributed by atoms with van der Waals surface area (Å²) in [5.74, 6) is 0.904. The second kappa shape index (κ2) is 9.06. The Hall–Kier alpha value is -3.58. The van der Waals surface area contributed by atoms with E-state index < -0.39 is 0 Å².